The van der Waals surface area contributed by atoms with Gasteiger partial charge in [-0.1, -0.05) is 54.1 Å². The van der Waals surface area contributed by atoms with Crippen molar-refractivity contribution < 1.29 is 27.9 Å². The van der Waals surface area contributed by atoms with Crippen LogP contribution in [0.25, 0.3) is 10.4 Å². The molecule has 1 saturated carbocycles. The van der Waals surface area contributed by atoms with Crippen molar-refractivity contribution in [3.8, 4) is 10.4 Å². The number of carboxylic acid groups (broad SMARTS) is 1. The maximum Gasteiger partial charge on any atom is 0.325 e. The second kappa shape index (κ2) is 9.85. The van der Waals surface area contributed by atoms with E-state index in [0.717, 1.165) is 23.3 Å². The van der Waals surface area contributed by atoms with Crippen LogP contribution in [-0.2, 0) is 29.8 Å². The number of hydrogen-bond donors (Lipinski definition) is 3. The lowest BCUT2D eigenvalue weighted by Crippen LogP contribution is -2.52. The van der Waals surface area contributed by atoms with Crippen LogP contribution in [-0.4, -0.2) is 50.2 Å². The van der Waals surface area contributed by atoms with Crippen LogP contribution in [0.5, 0.6) is 0 Å². The Labute approximate surface area is 223 Å². The number of sulfonamides is 1. The number of aliphatic carboxylic acids is 1. The topological polar surface area (TPSA) is 122 Å². The number of thiophene rings is 1. The first-order chi connectivity index (χ1) is 17.7. The number of carboxylic acids is 1. The molecule has 1 amide bonds. The number of hydrogen-bond acceptors (Lipinski definition) is 6. The fourth-order valence-electron chi connectivity index (χ4n) is 4.94. The van der Waals surface area contributed by atoms with E-state index in [4.69, 9.17) is 16.3 Å². The molecule has 1 unspecified atom stereocenters. The second-order valence-electron chi connectivity index (χ2n) is 9.29. The van der Waals surface area contributed by atoms with Crippen LogP contribution in [0.1, 0.15) is 24.8 Å². The Morgan fingerprint density at radius 1 is 1.08 bits per heavy atom. The Hall–Kier alpha value is -2.76. The SMILES string of the molecule is O=C(NC[C@@]1(c2ccccc2)C[C@]1(NS(=O)(=O)c1ccc(-c2ccc(Cl)cc2)s1)C(=O)O)C1CCCO1. The highest BCUT2D eigenvalue weighted by molar-refractivity contribution is 7.91. The Kier molecular flexibility index (Phi) is 6.88. The van der Waals surface area contributed by atoms with Crippen molar-refractivity contribution in [1.82, 2.24) is 10.0 Å². The van der Waals surface area contributed by atoms with Gasteiger partial charge in [-0.05, 0) is 54.7 Å². The van der Waals surface area contributed by atoms with Crippen LogP contribution in [0.2, 0.25) is 5.02 Å². The molecular formula is C26H25ClN2O6S2. The molecule has 11 heteroatoms. The zero-order valence-electron chi connectivity index (χ0n) is 19.6. The summed E-state index contributed by atoms with van der Waals surface area (Å²) in [4.78, 5) is 26.0. The number of carbonyl (C=O) groups is 2. The summed E-state index contributed by atoms with van der Waals surface area (Å²) in [6.07, 6.45) is 0.772. The van der Waals surface area contributed by atoms with Crippen LogP contribution in [0.4, 0.5) is 0 Å². The van der Waals surface area contributed by atoms with Crippen LogP contribution in [0.3, 0.4) is 0 Å². The minimum atomic E-state index is -4.20. The van der Waals surface area contributed by atoms with Gasteiger partial charge in [0.25, 0.3) is 10.0 Å². The highest BCUT2D eigenvalue weighted by atomic mass is 35.5. The molecule has 8 nitrogen and oxygen atoms in total. The zero-order chi connectivity index (χ0) is 26.3. The van der Waals surface area contributed by atoms with Gasteiger partial charge in [-0.2, -0.15) is 4.72 Å². The summed E-state index contributed by atoms with van der Waals surface area (Å²) in [5.41, 5.74) is -1.58. The molecule has 0 bridgehead atoms. The van der Waals surface area contributed by atoms with Gasteiger partial charge < -0.3 is 15.2 Å². The molecule has 194 valence electrons. The molecule has 2 fully saturated rings. The molecule has 0 radical (unpaired) electrons. The van der Waals surface area contributed by atoms with E-state index in [1.54, 1.807) is 60.7 Å². The Morgan fingerprint density at radius 3 is 2.46 bits per heavy atom. The molecule has 3 atom stereocenters. The first-order valence-electron chi connectivity index (χ1n) is 11.7. The summed E-state index contributed by atoms with van der Waals surface area (Å²) in [6, 6.07) is 18.9. The number of ether oxygens (including phenoxy) is 1. The lowest BCUT2D eigenvalue weighted by atomic mass is 9.90. The lowest BCUT2D eigenvalue weighted by Gasteiger charge is -2.25. The molecule has 3 N–H and O–H groups in total. The Bertz CT molecular complexity index is 1420. The molecule has 0 spiro atoms. The average molecular weight is 561 g/mol. The van der Waals surface area contributed by atoms with Crippen molar-refractivity contribution in [1.29, 1.82) is 0 Å². The van der Waals surface area contributed by atoms with Crippen molar-refractivity contribution in [3.63, 3.8) is 0 Å². The summed E-state index contributed by atoms with van der Waals surface area (Å²) < 4.78 is 34.9. The molecule has 1 saturated heterocycles. The van der Waals surface area contributed by atoms with Crippen LogP contribution >= 0.6 is 22.9 Å². The molecule has 2 aliphatic rings. The van der Waals surface area contributed by atoms with E-state index in [1.807, 2.05) is 0 Å². The van der Waals surface area contributed by atoms with E-state index in [1.165, 1.54) is 6.07 Å². The van der Waals surface area contributed by atoms with E-state index in [2.05, 4.69) is 10.0 Å². The summed E-state index contributed by atoms with van der Waals surface area (Å²) in [5, 5.41) is 13.7. The quantitative estimate of drug-likeness (QED) is 0.366. The maximum atomic E-state index is 13.5. The van der Waals surface area contributed by atoms with Crippen LogP contribution in [0.15, 0.2) is 70.9 Å². The third-order valence-corrected chi connectivity index (χ3v) is 10.4. The Morgan fingerprint density at radius 2 is 1.81 bits per heavy atom. The molecule has 5 rings (SSSR count). The van der Waals surface area contributed by atoms with Gasteiger partial charge in [0.1, 0.15) is 15.9 Å². The lowest BCUT2D eigenvalue weighted by molar-refractivity contribution is -0.141. The fourth-order valence-corrected chi connectivity index (χ4v) is 7.80. The maximum absolute atomic E-state index is 13.5. The van der Waals surface area contributed by atoms with Crippen molar-refractivity contribution in [2.75, 3.05) is 13.2 Å². The predicted molar refractivity (Wildman–Crippen MR) is 140 cm³/mol. The van der Waals surface area contributed by atoms with Gasteiger partial charge in [0.2, 0.25) is 5.91 Å². The predicted octanol–water partition coefficient (Wildman–Crippen LogP) is 3.81. The smallest absolute Gasteiger partial charge is 0.325 e. The van der Waals surface area contributed by atoms with Crippen LogP contribution in [0, 0.1) is 0 Å². The number of carbonyl (C=O) groups excluding carboxylic acids is 1. The Balaban J connectivity index is 1.44. The zero-order valence-corrected chi connectivity index (χ0v) is 22.0. The number of rotatable bonds is 9. The number of nitrogens with one attached hydrogen (secondary N) is 2. The molecule has 1 aliphatic heterocycles. The van der Waals surface area contributed by atoms with Gasteiger partial charge in [-0.25, -0.2) is 8.42 Å². The third kappa shape index (κ3) is 4.80. The minimum Gasteiger partial charge on any atom is -0.480 e. The van der Waals surface area contributed by atoms with E-state index < -0.39 is 33.1 Å². The van der Waals surface area contributed by atoms with E-state index >= 15 is 0 Å². The molecule has 2 aromatic carbocycles. The van der Waals surface area contributed by atoms with Gasteiger partial charge in [0.15, 0.2) is 0 Å². The molecule has 3 aromatic rings. The highest BCUT2D eigenvalue weighted by Crippen LogP contribution is 2.58. The first-order valence-corrected chi connectivity index (χ1v) is 14.4. The first kappa shape index (κ1) is 25.9. The summed E-state index contributed by atoms with van der Waals surface area (Å²) in [5.74, 6) is -1.63. The van der Waals surface area contributed by atoms with Gasteiger partial charge in [-0.3, -0.25) is 9.59 Å². The van der Waals surface area contributed by atoms with Gasteiger partial charge in [0, 0.05) is 28.5 Å². The molecule has 37 heavy (non-hydrogen) atoms. The summed E-state index contributed by atoms with van der Waals surface area (Å²) >= 11 is 6.99. The van der Waals surface area contributed by atoms with Crippen molar-refractivity contribution in [2.24, 2.45) is 0 Å². The van der Waals surface area contributed by atoms with Crippen molar-refractivity contribution in [3.05, 3.63) is 77.3 Å². The summed E-state index contributed by atoms with van der Waals surface area (Å²) in [6.45, 7) is 0.449. The number of halogens is 1. The monoisotopic (exact) mass is 560 g/mol. The highest BCUT2D eigenvalue weighted by Gasteiger charge is 2.75. The van der Waals surface area contributed by atoms with E-state index in [9.17, 15) is 23.1 Å². The van der Waals surface area contributed by atoms with Crippen molar-refractivity contribution >= 4 is 44.8 Å². The van der Waals surface area contributed by atoms with Gasteiger partial charge >= 0.3 is 5.97 Å². The van der Waals surface area contributed by atoms with E-state index in [0.29, 0.717) is 28.5 Å². The van der Waals surface area contributed by atoms with Crippen LogP contribution < -0.4 is 10.0 Å². The number of benzene rings is 2. The largest absolute Gasteiger partial charge is 0.480 e. The molecular weight excluding hydrogens is 536 g/mol. The average Bonchev–Trinajstić information content (AvgIpc) is 3.29. The second-order valence-corrected chi connectivity index (χ2v) is 12.7. The fraction of sp³-hybridized carbons (Fsp3) is 0.308. The van der Waals surface area contributed by atoms with Gasteiger partial charge in [-0.15, -0.1) is 11.3 Å². The minimum absolute atomic E-state index is 0.00433. The molecule has 1 aliphatic carbocycles. The molecule has 1 aromatic heterocycles. The normalized spacial score (nSPS) is 25.1. The summed E-state index contributed by atoms with van der Waals surface area (Å²) in [7, 11) is -4.20. The standard InChI is InChI=1S/C26H25ClN2O6S2/c27-19-10-8-17(9-11-19)21-12-13-22(36-21)37(33,34)29-26(24(31)32)15-25(26,18-5-2-1-3-6-18)16-28-23(30)20-7-4-14-35-20/h1-3,5-6,8-13,20,29H,4,7,14-16H2,(H,28,30)(H,31,32)/t20?,25-,26+/m1/s1. The van der Waals surface area contributed by atoms with Gasteiger partial charge in [0.05, 0.1) is 0 Å². The number of amides is 1. The third-order valence-electron chi connectivity index (χ3n) is 7.02. The van der Waals surface area contributed by atoms with E-state index in [-0.39, 0.29) is 23.1 Å². The molecule has 2 heterocycles. The van der Waals surface area contributed by atoms with Crippen molar-refractivity contribution in [2.45, 2.75) is 40.5 Å².